The number of hydrogen-bond acceptors (Lipinski definition) is 2. The number of halogens is 2. The Labute approximate surface area is 107 Å². The van der Waals surface area contributed by atoms with Crippen molar-refractivity contribution in [3.05, 3.63) is 53.5 Å². The molecule has 0 spiro atoms. The lowest BCUT2D eigenvalue weighted by atomic mass is 10.1. The average Bonchev–Trinajstić information content (AvgIpc) is 2.91. The second kappa shape index (κ2) is 4.46. The molecule has 0 radical (unpaired) electrons. The van der Waals surface area contributed by atoms with E-state index in [1.54, 1.807) is 6.07 Å². The first-order chi connectivity index (χ1) is 8.75. The lowest BCUT2D eigenvalue weighted by Crippen LogP contribution is -1.92. The number of thiophene rings is 1. The zero-order valence-corrected chi connectivity index (χ0v) is 10.1. The fourth-order valence-electron chi connectivity index (χ4n) is 1.94. The number of pyridine rings is 1. The molecule has 2 aromatic heterocycles. The molecule has 0 aliphatic heterocycles. The minimum atomic E-state index is -2.55. The smallest absolute Gasteiger partial charge is 0.247 e. The van der Waals surface area contributed by atoms with Gasteiger partial charge in [0.15, 0.2) is 0 Å². The van der Waals surface area contributed by atoms with E-state index < -0.39 is 6.43 Å². The number of alkyl halides is 2. The lowest BCUT2D eigenvalue weighted by Gasteiger charge is -2.07. The van der Waals surface area contributed by atoms with Crippen molar-refractivity contribution in [2.24, 2.45) is 0 Å². The average molecular weight is 261 g/mol. The van der Waals surface area contributed by atoms with E-state index in [-0.39, 0.29) is 5.69 Å². The molecule has 0 saturated carbocycles. The predicted octanol–water partition coefficient (Wildman–Crippen LogP) is 4.90. The molecule has 1 nitrogen and oxygen atoms in total. The number of fused-ring (bicyclic) bond motifs is 1. The zero-order chi connectivity index (χ0) is 12.5. The third-order valence-electron chi connectivity index (χ3n) is 2.75. The van der Waals surface area contributed by atoms with Gasteiger partial charge < -0.3 is 0 Å². The van der Waals surface area contributed by atoms with Gasteiger partial charge in [0.2, 0.25) is 0 Å². The number of aromatic nitrogens is 1. The molecule has 0 aliphatic carbocycles. The van der Waals surface area contributed by atoms with E-state index in [2.05, 4.69) is 4.98 Å². The third-order valence-corrected chi connectivity index (χ3v) is 3.65. The van der Waals surface area contributed by atoms with Gasteiger partial charge in [-0.25, -0.2) is 13.8 Å². The topological polar surface area (TPSA) is 12.9 Å². The maximum Gasteiger partial charge on any atom is 0.280 e. The maximum absolute atomic E-state index is 12.9. The summed E-state index contributed by atoms with van der Waals surface area (Å²) >= 11 is 1.54. The highest BCUT2D eigenvalue weighted by atomic mass is 32.1. The van der Waals surface area contributed by atoms with Crippen molar-refractivity contribution in [2.75, 3.05) is 0 Å². The van der Waals surface area contributed by atoms with E-state index in [0.717, 1.165) is 15.8 Å². The Bertz CT molecular complexity index is 677. The molecular weight excluding hydrogens is 252 g/mol. The number of para-hydroxylation sites is 1. The molecular formula is C14H9F2NS. The van der Waals surface area contributed by atoms with Gasteiger partial charge in [-0.1, -0.05) is 24.3 Å². The Balaban J connectivity index is 2.34. The van der Waals surface area contributed by atoms with Crippen LogP contribution in [0.25, 0.3) is 21.3 Å². The van der Waals surface area contributed by atoms with Crippen LogP contribution in [0.5, 0.6) is 0 Å². The van der Waals surface area contributed by atoms with Gasteiger partial charge >= 0.3 is 0 Å². The number of nitrogens with zero attached hydrogens (tertiary/aromatic N) is 1. The summed E-state index contributed by atoms with van der Waals surface area (Å²) < 4.78 is 25.7. The highest BCUT2D eigenvalue weighted by molar-refractivity contribution is 7.13. The van der Waals surface area contributed by atoms with Crippen molar-refractivity contribution < 1.29 is 8.78 Å². The van der Waals surface area contributed by atoms with Crippen LogP contribution in [0.1, 0.15) is 12.1 Å². The van der Waals surface area contributed by atoms with Crippen LogP contribution in [0.15, 0.2) is 47.8 Å². The van der Waals surface area contributed by atoms with E-state index in [1.165, 1.54) is 17.4 Å². The third kappa shape index (κ3) is 1.88. The molecule has 0 bridgehead atoms. The minimum absolute atomic E-state index is 0.169. The molecule has 0 fully saturated rings. The molecule has 2 heterocycles. The van der Waals surface area contributed by atoms with Gasteiger partial charge in [-0.15, -0.1) is 11.3 Å². The first-order valence-corrected chi connectivity index (χ1v) is 6.35. The van der Waals surface area contributed by atoms with Crippen LogP contribution in [0, 0.1) is 0 Å². The molecule has 0 amide bonds. The highest BCUT2D eigenvalue weighted by Gasteiger charge is 2.14. The summed E-state index contributed by atoms with van der Waals surface area (Å²) in [5, 5.41) is 2.84. The number of benzene rings is 1. The van der Waals surface area contributed by atoms with Crippen LogP contribution >= 0.6 is 11.3 Å². The van der Waals surface area contributed by atoms with Crippen molar-refractivity contribution in [1.82, 2.24) is 4.98 Å². The molecule has 0 N–H and O–H groups in total. The largest absolute Gasteiger partial charge is 0.280 e. The Morgan fingerprint density at radius 2 is 1.89 bits per heavy atom. The van der Waals surface area contributed by atoms with Crippen LogP contribution in [0.4, 0.5) is 8.78 Å². The summed E-state index contributed by atoms with van der Waals surface area (Å²) in [5.41, 5.74) is 1.27. The minimum Gasteiger partial charge on any atom is -0.247 e. The SMILES string of the molecule is FC(F)c1cc(-c2cccs2)c2ccccc2n1. The summed E-state index contributed by atoms with van der Waals surface area (Å²) in [6, 6.07) is 12.7. The fourth-order valence-corrected chi connectivity index (χ4v) is 2.70. The Morgan fingerprint density at radius 3 is 2.61 bits per heavy atom. The van der Waals surface area contributed by atoms with Crippen molar-refractivity contribution in [3.8, 4) is 10.4 Å². The Hall–Kier alpha value is -1.81. The molecule has 1 aromatic carbocycles. The van der Waals surface area contributed by atoms with Gasteiger partial charge in [-0.05, 0) is 23.6 Å². The summed E-state index contributed by atoms with van der Waals surface area (Å²) in [5.74, 6) is 0. The van der Waals surface area contributed by atoms with Crippen molar-refractivity contribution >= 4 is 22.2 Å². The van der Waals surface area contributed by atoms with E-state index in [4.69, 9.17) is 0 Å². The standard InChI is InChI=1S/C14H9F2NS/c15-14(16)12-8-10(13-6-3-7-18-13)9-4-1-2-5-11(9)17-12/h1-8,14H. The van der Waals surface area contributed by atoms with Crippen LogP contribution in [0.2, 0.25) is 0 Å². The van der Waals surface area contributed by atoms with Gasteiger partial charge in [0.05, 0.1) is 5.52 Å². The molecule has 18 heavy (non-hydrogen) atoms. The van der Waals surface area contributed by atoms with Crippen LogP contribution in [-0.2, 0) is 0 Å². The first-order valence-electron chi connectivity index (χ1n) is 5.47. The lowest BCUT2D eigenvalue weighted by molar-refractivity contribution is 0.146. The zero-order valence-electron chi connectivity index (χ0n) is 9.31. The number of hydrogen-bond donors (Lipinski definition) is 0. The second-order valence-corrected chi connectivity index (χ2v) is 4.84. The molecule has 0 saturated heterocycles. The molecule has 0 atom stereocenters. The Morgan fingerprint density at radius 1 is 1.06 bits per heavy atom. The van der Waals surface area contributed by atoms with Crippen molar-refractivity contribution in [2.45, 2.75) is 6.43 Å². The first kappa shape index (κ1) is 11.3. The van der Waals surface area contributed by atoms with Gasteiger partial charge in [0, 0.05) is 15.8 Å². The van der Waals surface area contributed by atoms with E-state index in [9.17, 15) is 8.78 Å². The molecule has 3 aromatic rings. The van der Waals surface area contributed by atoms with Gasteiger partial charge in [-0.2, -0.15) is 0 Å². The monoisotopic (exact) mass is 261 g/mol. The summed E-state index contributed by atoms with van der Waals surface area (Å²) in [4.78, 5) is 4.98. The fraction of sp³-hybridized carbons (Fsp3) is 0.0714. The number of rotatable bonds is 2. The molecule has 3 rings (SSSR count). The van der Waals surface area contributed by atoms with Crippen LogP contribution < -0.4 is 0 Å². The van der Waals surface area contributed by atoms with Gasteiger partial charge in [-0.3, -0.25) is 0 Å². The second-order valence-electron chi connectivity index (χ2n) is 3.89. The normalized spacial score (nSPS) is 11.3. The molecule has 90 valence electrons. The van der Waals surface area contributed by atoms with E-state index in [0.29, 0.717) is 5.52 Å². The van der Waals surface area contributed by atoms with E-state index >= 15 is 0 Å². The summed E-state index contributed by atoms with van der Waals surface area (Å²) in [7, 11) is 0. The Kier molecular flexibility index (Phi) is 2.80. The molecule has 0 unspecified atom stereocenters. The van der Waals surface area contributed by atoms with Crippen LogP contribution in [0.3, 0.4) is 0 Å². The molecule has 4 heteroatoms. The van der Waals surface area contributed by atoms with E-state index in [1.807, 2.05) is 35.7 Å². The molecule has 0 aliphatic rings. The van der Waals surface area contributed by atoms with Gasteiger partial charge in [0.25, 0.3) is 6.43 Å². The van der Waals surface area contributed by atoms with Crippen molar-refractivity contribution in [1.29, 1.82) is 0 Å². The quantitative estimate of drug-likeness (QED) is 0.639. The summed E-state index contributed by atoms with van der Waals surface area (Å²) in [6.45, 7) is 0. The van der Waals surface area contributed by atoms with Crippen LogP contribution in [-0.4, -0.2) is 4.98 Å². The van der Waals surface area contributed by atoms with Crippen molar-refractivity contribution in [3.63, 3.8) is 0 Å². The summed E-state index contributed by atoms with van der Waals surface area (Å²) in [6.07, 6.45) is -2.55. The maximum atomic E-state index is 12.9. The van der Waals surface area contributed by atoms with Gasteiger partial charge in [0.1, 0.15) is 5.69 Å². The predicted molar refractivity (Wildman–Crippen MR) is 70.0 cm³/mol. The highest BCUT2D eigenvalue weighted by Crippen LogP contribution is 2.33.